The standard InChI is InChI=1S/C7H16O2.C2H6O2/c1-5-7(2,9-4)6-8-3;3-1-2-4/h5-6H2,1-4H3;3-4H,1-2H2. The Morgan fingerprint density at radius 1 is 1.15 bits per heavy atom. The summed E-state index contributed by atoms with van der Waals surface area (Å²) < 4.78 is 10.2. The molecule has 0 rings (SSSR count). The van der Waals surface area contributed by atoms with Gasteiger partial charge in [-0.25, -0.2) is 0 Å². The Kier molecular flexibility index (Phi) is 11.7. The van der Waals surface area contributed by atoms with Gasteiger partial charge in [-0.1, -0.05) is 6.92 Å². The molecular formula is C9H22O4. The van der Waals surface area contributed by atoms with Crippen molar-refractivity contribution in [3.8, 4) is 0 Å². The van der Waals surface area contributed by atoms with Crippen LogP contribution >= 0.6 is 0 Å². The Labute approximate surface area is 80.5 Å². The predicted molar refractivity (Wildman–Crippen MR) is 51.8 cm³/mol. The summed E-state index contributed by atoms with van der Waals surface area (Å²) in [5.74, 6) is 0. The summed E-state index contributed by atoms with van der Waals surface area (Å²) in [6.45, 7) is 4.54. The molecule has 0 aromatic heterocycles. The molecule has 0 fully saturated rings. The molecule has 1 unspecified atom stereocenters. The number of rotatable bonds is 5. The summed E-state index contributed by atoms with van der Waals surface area (Å²) in [5, 5.41) is 15.2. The average Bonchev–Trinajstić information content (AvgIpc) is 2.18. The molecule has 0 aliphatic heterocycles. The van der Waals surface area contributed by atoms with Gasteiger partial charge in [0.15, 0.2) is 0 Å². The normalized spacial score (nSPS) is 14.3. The molecule has 0 bridgehead atoms. The van der Waals surface area contributed by atoms with Crippen molar-refractivity contribution in [3.05, 3.63) is 0 Å². The lowest BCUT2D eigenvalue weighted by atomic mass is 10.1. The van der Waals surface area contributed by atoms with Crippen LogP contribution in [0.1, 0.15) is 20.3 Å². The third-order valence-corrected chi connectivity index (χ3v) is 1.79. The SMILES string of the molecule is CCC(C)(COC)OC.OCCO. The van der Waals surface area contributed by atoms with Crippen LogP contribution in [0.25, 0.3) is 0 Å². The number of hydrogen-bond donors (Lipinski definition) is 2. The zero-order valence-electron chi connectivity index (χ0n) is 9.04. The molecule has 0 spiro atoms. The molecular weight excluding hydrogens is 172 g/mol. The van der Waals surface area contributed by atoms with E-state index in [0.717, 1.165) is 6.42 Å². The zero-order valence-corrected chi connectivity index (χ0v) is 9.04. The molecule has 82 valence electrons. The lowest BCUT2D eigenvalue weighted by Crippen LogP contribution is -2.31. The number of methoxy groups -OCH3 is 2. The van der Waals surface area contributed by atoms with Crippen LogP contribution in [0.5, 0.6) is 0 Å². The van der Waals surface area contributed by atoms with Gasteiger partial charge in [-0.3, -0.25) is 0 Å². The Morgan fingerprint density at radius 2 is 1.62 bits per heavy atom. The molecule has 0 saturated heterocycles. The van der Waals surface area contributed by atoms with E-state index in [1.165, 1.54) is 0 Å². The second-order valence-electron chi connectivity index (χ2n) is 2.89. The van der Waals surface area contributed by atoms with Crippen molar-refractivity contribution in [2.45, 2.75) is 25.9 Å². The minimum Gasteiger partial charge on any atom is -0.394 e. The second-order valence-corrected chi connectivity index (χ2v) is 2.89. The van der Waals surface area contributed by atoms with E-state index in [1.807, 2.05) is 6.92 Å². The van der Waals surface area contributed by atoms with Gasteiger partial charge >= 0.3 is 0 Å². The quantitative estimate of drug-likeness (QED) is 0.666. The van der Waals surface area contributed by atoms with Crippen LogP contribution in [-0.4, -0.2) is 49.9 Å². The molecule has 0 amide bonds. The van der Waals surface area contributed by atoms with Crippen LogP contribution in [0.15, 0.2) is 0 Å². The zero-order chi connectivity index (χ0) is 10.7. The van der Waals surface area contributed by atoms with Gasteiger partial charge < -0.3 is 19.7 Å². The highest BCUT2D eigenvalue weighted by atomic mass is 16.5. The maximum Gasteiger partial charge on any atom is 0.0880 e. The van der Waals surface area contributed by atoms with Gasteiger partial charge in [0.1, 0.15) is 0 Å². The van der Waals surface area contributed by atoms with Gasteiger partial charge in [-0.05, 0) is 13.3 Å². The van der Waals surface area contributed by atoms with Crippen LogP contribution in [0.2, 0.25) is 0 Å². The summed E-state index contributed by atoms with van der Waals surface area (Å²) >= 11 is 0. The number of aliphatic hydroxyl groups excluding tert-OH is 2. The fraction of sp³-hybridized carbons (Fsp3) is 1.00. The maximum absolute atomic E-state index is 7.62. The second kappa shape index (κ2) is 9.92. The van der Waals surface area contributed by atoms with E-state index in [9.17, 15) is 0 Å². The van der Waals surface area contributed by atoms with E-state index in [2.05, 4.69) is 6.92 Å². The summed E-state index contributed by atoms with van der Waals surface area (Å²) in [4.78, 5) is 0. The van der Waals surface area contributed by atoms with Crippen molar-refractivity contribution in [2.24, 2.45) is 0 Å². The molecule has 4 heteroatoms. The first-order valence-electron chi connectivity index (χ1n) is 4.36. The van der Waals surface area contributed by atoms with Crippen LogP contribution in [-0.2, 0) is 9.47 Å². The van der Waals surface area contributed by atoms with E-state index in [0.29, 0.717) is 6.61 Å². The smallest absolute Gasteiger partial charge is 0.0880 e. The first-order chi connectivity index (χ1) is 6.10. The largest absolute Gasteiger partial charge is 0.394 e. The maximum atomic E-state index is 7.62. The lowest BCUT2D eigenvalue weighted by Gasteiger charge is -2.25. The van der Waals surface area contributed by atoms with Crippen LogP contribution in [0.3, 0.4) is 0 Å². The van der Waals surface area contributed by atoms with Crippen molar-refractivity contribution in [3.63, 3.8) is 0 Å². The average molecular weight is 194 g/mol. The van der Waals surface area contributed by atoms with E-state index in [1.54, 1.807) is 14.2 Å². The first-order valence-corrected chi connectivity index (χ1v) is 4.36. The molecule has 0 saturated carbocycles. The van der Waals surface area contributed by atoms with E-state index in [-0.39, 0.29) is 18.8 Å². The topological polar surface area (TPSA) is 58.9 Å². The molecule has 4 nitrogen and oxygen atoms in total. The lowest BCUT2D eigenvalue weighted by molar-refractivity contribution is -0.0528. The van der Waals surface area contributed by atoms with Crippen molar-refractivity contribution in [1.29, 1.82) is 0 Å². The Hall–Kier alpha value is -0.160. The third-order valence-electron chi connectivity index (χ3n) is 1.79. The van der Waals surface area contributed by atoms with Crippen molar-refractivity contribution in [1.82, 2.24) is 0 Å². The van der Waals surface area contributed by atoms with E-state index in [4.69, 9.17) is 19.7 Å². The van der Waals surface area contributed by atoms with Crippen LogP contribution in [0, 0.1) is 0 Å². The molecule has 1 atom stereocenters. The molecule has 0 aromatic carbocycles. The molecule has 2 N–H and O–H groups in total. The highest BCUT2D eigenvalue weighted by Gasteiger charge is 2.19. The highest BCUT2D eigenvalue weighted by molar-refractivity contribution is 4.70. The Morgan fingerprint density at radius 3 is 1.69 bits per heavy atom. The monoisotopic (exact) mass is 194 g/mol. The first kappa shape index (κ1) is 15.3. The number of aliphatic hydroxyl groups is 2. The van der Waals surface area contributed by atoms with Gasteiger partial charge in [0.05, 0.1) is 25.4 Å². The Balaban J connectivity index is 0. The predicted octanol–water partition coefficient (Wildman–Crippen LogP) is 0.419. The van der Waals surface area contributed by atoms with Gasteiger partial charge in [0.2, 0.25) is 0 Å². The van der Waals surface area contributed by atoms with Crippen molar-refractivity contribution in [2.75, 3.05) is 34.0 Å². The van der Waals surface area contributed by atoms with Gasteiger partial charge in [-0.2, -0.15) is 0 Å². The molecule has 13 heavy (non-hydrogen) atoms. The fourth-order valence-electron chi connectivity index (χ4n) is 0.611. The van der Waals surface area contributed by atoms with Gasteiger partial charge in [-0.15, -0.1) is 0 Å². The number of ether oxygens (including phenoxy) is 2. The summed E-state index contributed by atoms with van der Waals surface area (Å²) in [7, 11) is 3.40. The van der Waals surface area contributed by atoms with Crippen molar-refractivity contribution >= 4 is 0 Å². The van der Waals surface area contributed by atoms with E-state index < -0.39 is 0 Å². The van der Waals surface area contributed by atoms with Crippen molar-refractivity contribution < 1.29 is 19.7 Å². The molecule has 0 heterocycles. The minimum atomic E-state index is -0.125. The summed E-state index contributed by atoms with van der Waals surface area (Å²) in [6.07, 6.45) is 0.983. The Bertz CT molecular complexity index is 89.6. The van der Waals surface area contributed by atoms with E-state index >= 15 is 0 Å². The number of hydrogen-bond acceptors (Lipinski definition) is 4. The van der Waals surface area contributed by atoms with Gasteiger partial charge in [0, 0.05) is 14.2 Å². The van der Waals surface area contributed by atoms with Gasteiger partial charge in [0.25, 0.3) is 0 Å². The van der Waals surface area contributed by atoms with Crippen LogP contribution < -0.4 is 0 Å². The molecule has 0 aromatic rings. The minimum absolute atomic E-state index is 0.0885. The summed E-state index contributed by atoms with van der Waals surface area (Å²) in [6, 6.07) is 0. The van der Waals surface area contributed by atoms with Crippen LogP contribution in [0.4, 0.5) is 0 Å². The molecule has 0 radical (unpaired) electrons. The highest BCUT2D eigenvalue weighted by Crippen LogP contribution is 2.12. The third kappa shape index (κ3) is 9.76. The molecule has 0 aliphatic rings. The fourth-order valence-corrected chi connectivity index (χ4v) is 0.611. The summed E-state index contributed by atoms with van der Waals surface area (Å²) in [5.41, 5.74) is -0.0885. The molecule has 0 aliphatic carbocycles.